The van der Waals surface area contributed by atoms with E-state index in [2.05, 4.69) is 17.2 Å². The molecule has 1 aromatic rings. The van der Waals surface area contributed by atoms with E-state index < -0.39 is 10.8 Å². The van der Waals surface area contributed by atoms with Gasteiger partial charge in [0.15, 0.2) is 0 Å². The second kappa shape index (κ2) is 7.52. The Labute approximate surface area is 100 Å². The molecule has 3 nitrogen and oxygen atoms in total. The molecular formula is C12H20N2OS. The summed E-state index contributed by atoms with van der Waals surface area (Å²) in [5.74, 6) is 0.781. The summed E-state index contributed by atoms with van der Waals surface area (Å²) in [4.78, 5) is 3.98. The van der Waals surface area contributed by atoms with Crippen molar-refractivity contribution < 1.29 is 4.21 Å². The maximum absolute atomic E-state index is 10.9. The van der Waals surface area contributed by atoms with Gasteiger partial charge in [0.2, 0.25) is 0 Å². The molecule has 0 amide bonds. The lowest BCUT2D eigenvalue weighted by Crippen LogP contribution is -2.29. The van der Waals surface area contributed by atoms with E-state index in [4.69, 9.17) is 0 Å². The van der Waals surface area contributed by atoms with Gasteiger partial charge in [-0.3, -0.25) is 9.19 Å². The minimum Gasteiger partial charge on any atom is -0.314 e. The van der Waals surface area contributed by atoms with Crippen molar-refractivity contribution in [2.45, 2.75) is 25.8 Å². The molecule has 0 aliphatic heterocycles. The molecule has 1 N–H and O–H groups in total. The van der Waals surface area contributed by atoms with Crippen LogP contribution in [0.4, 0.5) is 0 Å². The van der Waals surface area contributed by atoms with Gasteiger partial charge in [0.1, 0.15) is 0 Å². The van der Waals surface area contributed by atoms with E-state index in [1.165, 1.54) is 5.56 Å². The zero-order chi connectivity index (χ0) is 11.8. The molecule has 0 radical (unpaired) electrons. The van der Waals surface area contributed by atoms with Crippen LogP contribution in [0.1, 0.15) is 18.9 Å². The van der Waals surface area contributed by atoms with Crippen LogP contribution in [0.25, 0.3) is 0 Å². The van der Waals surface area contributed by atoms with Crippen LogP contribution in [0.15, 0.2) is 24.5 Å². The predicted molar refractivity (Wildman–Crippen MR) is 69.0 cm³/mol. The Morgan fingerprint density at radius 2 is 2.12 bits per heavy atom. The first-order valence-corrected chi connectivity index (χ1v) is 7.33. The fraction of sp³-hybridized carbons (Fsp3) is 0.583. The molecule has 0 spiro atoms. The standard InChI is InChI=1S/C12H20N2OS/c1-11(6-10-16(2)15)14-9-5-12-3-7-13-8-4-12/h3-4,7-8,11,14H,5-6,9-10H2,1-2H3. The Hall–Kier alpha value is -0.740. The van der Waals surface area contributed by atoms with Crippen molar-refractivity contribution in [2.75, 3.05) is 18.6 Å². The third-order valence-corrected chi connectivity index (χ3v) is 3.30. The lowest BCUT2D eigenvalue weighted by molar-refractivity contribution is 0.538. The molecule has 16 heavy (non-hydrogen) atoms. The molecule has 2 atom stereocenters. The molecular weight excluding hydrogens is 220 g/mol. The van der Waals surface area contributed by atoms with Gasteiger partial charge in [-0.1, -0.05) is 0 Å². The van der Waals surface area contributed by atoms with Gasteiger partial charge >= 0.3 is 0 Å². The second-order valence-electron chi connectivity index (χ2n) is 4.03. The average Bonchev–Trinajstić information content (AvgIpc) is 2.28. The number of nitrogens with zero attached hydrogens (tertiary/aromatic N) is 1. The normalized spacial score (nSPS) is 14.6. The van der Waals surface area contributed by atoms with Gasteiger partial charge in [0, 0.05) is 41.2 Å². The number of rotatable bonds is 7. The van der Waals surface area contributed by atoms with Crippen LogP contribution in [0.3, 0.4) is 0 Å². The molecule has 0 fully saturated rings. The molecule has 1 rings (SSSR count). The second-order valence-corrected chi connectivity index (χ2v) is 5.58. The smallest absolute Gasteiger partial charge is 0.0270 e. The first-order chi connectivity index (χ1) is 7.68. The quantitative estimate of drug-likeness (QED) is 0.782. The number of nitrogens with one attached hydrogen (secondary N) is 1. The van der Waals surface area contributed by atoms with Crippen LogP contribution < -0.4 is 5.32 Å². The zero-order valence-corrected chi connectivity index (χ0v) is 10.8. The monoisotopic (exact) mass is 240 g/mol. The minimum atomic E-state index is -0.676. The molecule has 2 unspecified atom stereocenters. The SMILES string of the molecule is CC(CCS(C)=O)NCCc1ccncc1. The highest BCUT2D eigenvalue weighted by molar-refractivity contribution is 7.84. The van der Waals surface area contributed by atoms with Gasteiger partial charge in [-0.15, -0.1) is 0 Å². The first kappa shape index (κ1) is 13.3. The van der Waals surface area contributed by atoms with Crippen LogP contribution in [-0.2, 0) is 17.2 Å². The lowest BCUT2D eigenvalue weighted by atomic mass is 10.2. The third-order valence-electron chi connectivity index (χ3n) is 2.49. The number of hydrogen-bond acceptors (Lipinski definition) is 3. The summed E-state index contributed by atoms with van der Waals surface area (Å²) in [5, 5.41) is 3.43. The number of hydrogen-bond donors (Lipinski definition) is 1. The predicted octanol–water partition coefficient (Wildman–Crippen LogP) is 1.37. The van der Waals surface area contributed by atoms with E-state index in [0.29, 0.717) is 6.04 Å². The average molecular weight is 240 g/mol. The maximum atomic E-state index is 10.9. The lowest BCUT2D eigenvalue weighted by Gasteiger charge is -2.12. The van der Waals surface area contributed by atoms with Gasteiger partial charge in [0.05, 0.1) is 0 Å². The Bertz CT molecular complexity index is 316. The molecule has 4 heteroatoms. The van der Waals surface area contributed by atoms with Gasteiger partial charge in [-0.2, -0.15) is 0 Å². The van der Waals surface area contributed by atoms with Crippen molar-refractivity contribution in [3.8, 4) is 0 Å². The van der Waals surface area contributed by atoms with Gasteiger partial charge in [-0.05, 0) is 44.0 Å². The highest BCUT2D eigenvalue weighted by Gasteiger charge is 2.02. The van der Waals surface area contributed by atoms with E-state index in [9.17, 15) is 4.21 Å². The van der Waals surface area contributed by atoms with Crippen molar-refractivity contribution >= 4 is 10.8 Å². The van der Waals surface area contributed by atoms with Crippen molar-refractivity contribution in [1.82, 2.24) is 10.3 Å². The highest BCUT2D eigenvalue weighted by Crippen LogP contribution is 1.98. The van der Waals surface area contributed by atoms with Crippen molar-refractivity contribution in [3.05, 3.63) is 30.1 Å². The summed E-state index contributed by atoms with van der Waals surface area (Å²) in [6.45, 7) is 3.10. The van der Waals surface area contributed by atoms with Crippen molar-refractivity contribution in [3.63, 3.8) is 0 Å². The molecule has 0 aromatic carbocycles. The summed E-state index contributed by atoms with van der Waals surface area (Å²) in [6, 6.07) is 4.51. The largest absolute Gasteiger partial charge is 0.314 e. The van der Waals surface area contributed by atoms with Crippen LogP contribution in [0, 0.1) is 0 Å². The van der Waals surface area contributed by atoms with E-state index in [1.807, 2.05) is 24.5 Å². The van der Waals surface area contributed by atoms with Crippen LogP contribution in [-0.4, -0.2) is 33.8 Å². The summed E-state index contributed by atoms with van der Waals surface area (Å²) in [7, 11) is -0.676. The minimum absolute atomic E-state index is 0.436. The fourth-order valence-corrected chi connectivity index (χ4v) is 2.14. The van der Waals surface area contributed by atoms with Crippen LogP contribution in [0.2, 0.25) is 0 Å². The summed E-state index contributed by atoms with van der Waals surface area (Å²) in [6.07, 6.45) is 7.38. The van der Waals surface area contributed by atoms with Crippen molar-refractivity contribution in [1.29, 1.82) is 0 Å². The van der Waals surface area contributed by atoms with E-state index in [-0.39, 0.29) is 0 Å². The molecule has 0 aliphatic carbocycles. The molecule has 0 bridgehead atoms. The van der Waals surface area contributed by atoms with E-state index in [1.54, 1.807) is 6.26 Å². The Balaban J connectivity index is 2.13. The molecule has 1 aromatic heterocycles. The third kappa shape index (κ3) is 5.98. The Kier molecular flexibility index (Phi) is 6.26. The van der Waals surface area contributed by atoms with Gasteiger partial charge < -0.3 is 5.32 Å². The Morgan fingerprint density at radius 1 is 1.44 bits per heavy atom. The molecule has 90 valence electrons. The van der Waals surface area contributed by atoms with Crippen LogP contribution in [0.5, 0.6) is 0 Å². The molecule has 0 saturated carbocycles. The first-order valence-electron chi connectivity index (χ1n) is 5.61. The van der Waals surface area contributed by atoms with Gasteiger partial charge in [0.25, 0.3) is 0 Å². The van der Waals surface area contributed by atoms with Crippen molar-refractivity contribution in [2.24, 2.45) is 0 Å². The fourth-order valence-electron chi connectivity index (χ4n) is 1.46. The van der Waals surface area contributed by atoms with E-state index >= 15 is 0 Å². The summed E-state index contributed by atoms with van der Waals surface area (Å²) < 4.78 is 10.9. The molecule has 0 saturated heterocycles. The maximum Gasteiger partial charge on any atom is 0.0270 e. The zero-order valence-electron chi connectivity index (χ0n) is 9.98. The summed E-state index contributed by atoms with van der Waals surface area (Å²) >= 11 is 0. The Morgan fingerprint density at radius 3 is 2.75 bits per heavy atom. The van der Waals surface area contributed by atoms with Crippen LogP contribution >= 0.6 is 0 Å². The van der Waals surface area contributed by atoms with E-state index in [0.717, 1.165) is 25.1 Å². The molecule has 0 aliphatic rings. The highest BCUT2D eigenvalue weighted by atomic mass is 32.2. The molecule has 1 heterocycles. The van der Waals surface area contributed by atoms with Gasteiger partial charge in [-0.25, -0.2) is 0 Å². The summed E-state index contributed by atoms with van der Waals surface area (Å²) in [5.41, 5.74) is 1.30. The topological polar surface area (TPSA) is 42.0 Å². The number of pyridine rings is 1. The number of aromatic nitrogens is 1.